The first-order chi connectivity index (χ1) is 7.17. The molecule has 84 valence electrons. The van der Waals surface area contributed by atoms with Crippen LogP contribution in [0.5, 0.6) is 0 Å². The zero-order valence-electron chi connectivity index (χ0n) is 8.99. The highest BCUT2D eigenvalue weighted by molar-refractivity contribution is 7.11. The summed E-state index contributed by atoms with van der Waals surface area (Å²) in [6.07, 6.45) is 3.42. The Kier molecular flexibility index (Phi) is 4.71. The molecule has 0 fully saturated rings. The smallest absolute Gasteiger partial charge is 0.320 e. The van der Waals surface area contributed by atoms with Gasteiger partial charge in [0.15, 0.2) is 0 Å². The molecule has 0 saturated heterocycles. The lowest BCUT2D eigenvalue weighted by molar-refractivity contribution is -0.139. The van der Waals surface area contributed by atoms with Gasteiger partial charge in [0.1, 0.15) is 11.0 Å². The molecule has 1 atom stereocenters. The predicted octanol–water partition coefficient (Wildman–Crippen LogP) is 1.66. The van der Waals surface area contributed by atoms with Crippen LogP contribution in [-0.2, 0) is 17.8 Å². The van der Waals surface area contributed by atoms with E-state index in [9.17, 15) is 4.79 Å². The minimum Gasteiger partial charge on any atom is -0.480 e. The molecule has 0 radical (unpaired) electrons. The summed E-state index contributed by atoms with van der Waals surface area (Å²) in [5.41, 5.74) is 0. The van der Waals surface area contributed by atoms with Crippen LogP contribution in [0.3, 0.4) is 0 Å². The Hall–Kier alpha value is -0.940. The fourth-order valence-corrected chi connectivity index (χ4v) is 2.02. The van der Waals surface area contributed by atoms with E-state index >= 15 is 0 Å². The summed E-state index contributed by atoms with van der Waals surface area (Å²) in [4.78, 5) is 16.2. The summed E-state index contributed by atoms with van der Waals surface area (Å²) in [6.45, 7) is 4.47. The van der Waals surface area contributed by atoms with Crippen LogP contribution in [0, 0.1) is 0 Å². The Bertz CT molecular complexity index is 325. The highest BCUT2D eigenvalue weighted by Crippen LogP contribution is 2.13. The number of rotatable bonds is 6. The van der Waals surface area contributed by atoms with Gasteiger partial charge in [0, 0.05) is 17.6 Å². The normalized spacial score (nSPS) is 12.7. The molecule has 0 spiro atoms. The summed E-state index contributed by atoms with van der Waals surface area (Å²) < 4.78 is 0. The Labute approximate surface area is 93.4 Å². The quantitative estimate of drug-likeness (QED) is 0.777. The van der Waals surface area contributed by atoms with Gasteiger partial charge in [-0.2, -0.15) is 0 Å². The maximum absolute atomic E-state index is 10.7. The molecule has 0 aliphatic heterocycles. The highest BCUT2D eigenvalue weighted by atomic mass is 32.1. The van der Waals surface area contributed by atoms with Crippen molar-refractivity contribution in [2.75, 3.05) is 0 Å². The van der Waals surface area contributed by atoms with E-state index in [1.165, 1.54) is 4.88 Å². The first kappa shape index (κ1) is 12.1. The third-order valence-electron chi connectivity index (χ3n) is 2.16. The van der Waals surface area contributed by atoms with Gasteiger partial charge < -0.3 is 5.11 Å². The van der Waals surface area contributed by atoms with Crippen LogP contribution in [0.15, 0.2) is 6.20 Å². The van der Waals surface area contributed by atoms with Gasteiger partial charge in [-0.15, -0.1) is 11.3 Å². The first-order valence-electron chi connectivity index (χ1n) is 5.07. The van der Waals surface area contributed by atoms with E-state index in [1.807, 2.05) is 13.1 Å². The third kappa shape index (κ3) is 3.60. The first-order valence-corrected chi connectivity index (χ1v) is 5.88. The van der Waals surface area contributed by atoms with E-state index < -0.39 is 12.0 Å². The van der Waals surface area contributed by atoms with Crippen LogP contribution in [0.25, 0.3) is 0 Å². The zero-order valence-corrected chi connectivity index (χ0v) is 9.80. The maximum atomic E-state index is 10.7. The second-order valence-corrected chi connectivity index (χ2v) is 4.45. The molecule has 1 unspecified atom stereocenters. The van der Waals surface area contributed by atoms with Gasteiger partial charge in [-0.05, 0) is 12.8 Å². The van der Waals surface area contributed by atoms with Gasteiger partial charge in [-0.25, -0.2) is 4.98 Å². The number of aryl methyl sites for hydroxylation is 1. The lowest BCUT2D eigenvalue weighted by Crippen LogP contribution is -2.35. The Balaban J connectivity index is 2.45. The number of hydrogen-bond donors (Lipinski definition) is 2. The van der Waals surface area contributed by atoms with Crippen molar-refractivity contribution in [3.8, 4) is 0 Å². The van der Waals surface area contributed by atoms with Crippen molar-refractivity contribution in [2.24, 2.45) is 0 Å². The fourth-order valence-electron chi connectivity index (χ4n) is 1.21. The number of carboxylic acids is 1. The molecule has 15 heavy (non-hydrogen) atoms. The number of hydrogen-bond acceptors (Lipinski definition) is 4. The molecule has 0 amide bonds. The summed E-state index contributed by atoms with van der Waals surface area (Å²) in [5.74, 6) is -0.801. The number of nitrogens with one attached hydrogen (secondary N) is 1. The molecule has 1 rings (SSSR count). The Morgan fingerprint density at radius 3 is 2.87 bits per heavy atom. The van der Waals surface area contributed by atoms with E-state index in [0.717, 1.165) is 11.4 Å². The average molecular weight is 228 g/mol. The molecule has 0 aliphatic carbocycles. The molecule has 4 nitrogen and oxygen atoms in total. The Morgan fingerprint density at radius 1 is 1.67 bits per heavy atom. The molecule has 0 aromatic carbocycles. The van der Waals surface area contributed by atoms with Crippen molar-refractivity contribution in [2.45, 2.75) is 39.3 Å². The van der Waals surface area contributed by atoms with Crippen LogP contribution in [0.1, 0.15) is 30.2 Å². The van der Waals surface area contributed by atoms with Gasteiger partial charge >= 0.3 is 5.97 Å². The zero-order chi connectivity index (χ0) is 11.3. The van der Waals surface area contributed by atoms with Crippen LogP contribution >= 0.6 is 11.3 Å². The van der Waals surface area contributed by atoms with E-state index in [-0.39, 0.29) is 0 Å². The van der Waals surface area contributed by atoms with Gasteiger partial charge in [0.05, 0.1) is 0 Å². The van der Waals surface area contributed by atoms with E-state index in [1.54, 1.807) is 11.3 Å². The van der Waals surface area contributed by atoms with Crippen molar-refractivity contribution in [3.63, 3.8) is 0 Å². The number of aromatic nitrogens is 1. The van der Waals surface area contributed by atoms with Crippen LogP contribution in [0.2, 0.25) is 0 Å². The summed E-state index contributed by atoms with van der Waals surface area (Å²) in [7, 11) is 0. The molecule has 0 aliphatic rings. The summed E-state index contributed by atoms with van der Waals surface area (Å²) in [6, 6.07) is -0.473. The Morgan fingerprint density at radius 2 is 2.40 bits per heavy atom. The van der Waals surface area contributed by atoms with Gasteiger partial charge in [0.25, 0.3) is 0 Å². The number of aliphatic carboxylic acids is 1. The number of carbonyl (C=O) groups is 1. The molecule has 1 aromatic heterocycles. The van der Waals surface area contributed by atoms with Crippen molar-refractivity contribution in [3.05, 3.63) is 16.1 Å². The van der Waals surface area contributed by atoms with Gasteiger partial charge in [-0.1, -0.05) is 13.8 Å². The monoisotopic (exact) mass is 228 g/mol. The predicted molar refractivity (Wildman–Crippen MR) is 60.0 cm³/mol. The molecular formula is C10H16N2O2S. The van der Waals surface area contributed by atoms with E-state index in [0.29, 0.717) is 13.0 Å². The minimum atomic E-state index is -0.801. The van der Waals surface area contributed by atoms with Gasteiger partial charge in [-0.3, -0.25) is 10.1 Å². The van der Waals surface area contributed by atoms with E-state index in [4.69, 9.17) is 5.11 Å². The van der Waals surface area contributed by atoms with E-state index in [2.05, 4.69) is 17.2 Å². The SMILES string of the molecule is CCc1cnc(CNC(CC)C(=O)O)s1. The molecule has 1 aromatic rings. The van der Waals surface area contributed by atoms with Crippen molar-refractivity contribution >= 4 is 17.3 Å². The summed E-state index contributed by atoms with van der Waals surface area (Å²) in [5, 5.41) is 12.7. The minimum absolute atomic E-state index is 0.473. The largest absolute Gasteiger partial charge is 0.480 e. The summed E-state index contributed by atoms with van der Waals surface area (Å²) >= 11 is 1.63. The third-order valence-corrected chi connectivity index (χ3v) is 3.30. The maximum Gasteiger partial charge on any atom is 0.320 e. The number of nitrogens with zero attached hydrogens (tertiary/aromatic N) is 1. The average Bonchev–Trinajstić information content (AvgIpc) is 2.66. The van der Waals surface area contributed by atoms with Crippen molar-refractivity contribution in [1.29, 1.82) is 0 Å². The highest BCUT2D eigenvalue weighted by Gasteiger charge is 2.14. The van der Waals surface area contributed by atoms with Crippen molar-refractivity contribution < 1.29 is 9.90 Å². The topological polar surface area (TPSA) is 62.2 Å². The molecule has 0 saturated carbocycles. The molecule has 0 bridgehead atoms. The molecular weight excluding hydrogens is 212 g/mol. The molecule has 2 N–H and O–H groups in total. The van der Waals surface area contributed by atoms with Gasteiger partial charge in [0.2, 0.25) is 0 Å². The van der Waals surface area contributed by atoms with Crippen LogP contribution in [-0.4, -0.2) is 22.1 Å². The second kappa shape index (κ2) is 5.82. The number of thiazole rings is 1. The van der Waals surface area contributed by atoms with Crippen LogP contribution in [0.4, 0.5) is 0 Å². The van der Waals surface area contributed by atoms with Crippen molar-refractivity contribution in [1.82, 2.24) is 10.3 Å². The van der Waals surface area contributed by atoms with Crippen LogP contribution < -0.4 is 5.32 Å². The molecule has 5 heteroatoms. The number of carboxylic acid groups (broad SMARTS) is 1. The standard InChI is InChI=1S/C10H16N2O2S/c1-3-7-5-12-9(15-7)6-11-8(4-2)10(13)14/h5,8,11H,3-4,6H2,1-2H3,(H,13,14). The fraction of sp³-hybridized carbons (Fsp3) is 0.600. The second-order valence-electron chi connectivity index (χ2n) is 3.25. The lowest BCUT2D eigenvalue weighted by atomic mass is 10.2. The lowest BCUT2D eigenvalue weighted by Gasteiger charge is -2.09. The molecule has 1 heterocycles.